The standard InChI is InChI=1S/C8H14O/c1-3-4-5-6-7-8(2)9/h3-4H,5-7H2,1-2H3/b4-3-. The molecule has 0 saturated heterocycles. The van der Waals surface area contributed by atoms with Crippen molar-refractivity contribution in [2.24, 2.45) is 0 Å². The molecule has 0 aromatic carbocycles. The van der Waals surface area contributed by atoms with Crippen LogP contribution in [0.4, 0.5) is 0 Å². The topological polar surface area (TPSA) is 17.1 Å². The van der Waals surface area contributed by atoms with Crippen LogP contribution in [0.2, 0.25) is 0 Å². The van der Waals surface area contributed by atoms with E-state index in [2.05, 4.69) is 6.08 Å². The van der Waals surface area contributed by atoms with Crippen molar-refractivity contribution in [3.63, 3.8) is 0 Å². The summed E-state index contributed by atoms with van der Waals surface area (Å²) < 4.78 is 0. The van der Waals surface area contributed by atoms with Gasteiger partial charge in [0.05, 0.1) is 0 Å². The van der Waals surface area contributed by atoms with Gasteiger partial charge in [-0.2, -0.15) is 0 Å². The zero-order chi connectivity index (χ0) is 7.11. The molecule has 0 unspecified atom stereocenters. The smallest absolute Gasteiger partial charge is 0.129 e. The molecule has 0 aromatic heterocycles. The summed E-state index contributed by atoms with van der Waals surface area (Å²) >= 11 is 0. The van der Waals surface area contributed by atoms with Crippen molar-refractivity contribution in [3.8, 4) is 0 Å². The highest BCUT2D eigenvalue weighted by atomic mass is 16.1. The van der Waals surface area contributed by atoms with Gasteiger partial charge in [-0.05, 0) is 26.7 Å². The third kappa shape index (κ3) is 7.41. The molecular formula is C8H14O. The summed E-state index contributed by atoms with van der Waals surface area (Å²) in [5.41, 5.74) is 0. The first kappa shape index (κ1) is 8.41. The van der Waals surface area contributed by atoms with E-state index < -0.39 is 0 Å². The van der Waals surface area contributed by atoms with Crippen LogP contribution < -0.4 is 0 Å². The van der Waals surface area contributed by atoms with Gasteiger partial charge >= 0.3 is 0 Å². The van der Waals surface area contributed by atoms with E-state index in [4.69, 9.17) is 0 Å². The molecule has 1 heteroatoms. The van der Waals surface area contributed by atoms with Crippen LogP contribution in [0.3, 0.4) is 0 Å². The second kappa shape index (κ2) is 5.54. The Morgan fingerprint density at radius 1 is 1.56 bits per heavy atom. The van der Waals surface area contributed by atoms with Crippen LogP contribution >= 0.6 is 0 Å². The lowest BCUT2D eigenvalue weighted by molar-refractivity contribution is -0.117. The van der Waals surface area contributed by atoms with Crippen molar-refractivity contribution in [3.05, 3.63) is 12.2 Å². The Hall–Kier alpha value is -0.590. The van der Waals surface area contributed by atoms with E-state index >= 15 is 0 Å². The van der Waals surface area contributed by atoms with Crippen LogP contribution in [-0.2, 0) is 4.79 Å². The molecule has 0 heterocycles. The van der Waals surface area contributed by atoms with Crippen molar-refractivity contribution < 1.29 is 4.79 Å². The average Bonchev–Trinajstić information content (AvgIpc) is 1.80. The molecule has 0 aliphatic carbocycles. The van der Waals surface area contributed by atoms with Gasteiger partial charge in [0.1, 0.15) is 5.78 Å². The lowest BCUT2D eigenvalue weighted by Crippen LogP contribution is -1.87. The molecule has 0 spiro atoms. The molecule has 0 aliphatic heterocycles. The van der Waals surface area contributed by atoms with Crippen molar-refractivity contribution in [1.29, 1.82) is 0 Å². The van der Waals surface area contributed by atoms with Crippen molar-refractivity contribution in [2.75, 3.05) is 0 Å². The molecule has 52 valence electrons. The van der Waals surface area contributed by atoms with Gasteiger partial charge in [0.15, 0.2) is 0 Å². The van der Waals surface area contributed by atoms with E-state index in [0.29, 0.717) is 5.78 Å². The Bertz CT molecular complexity index is 103. The van der Waals surface area contributed by atoms with Crippen LogP contribution in [0.15, 0.2) is 12.2 Å². The van der Waals surface area contributed by atoms with Gasteiger partial charge in [0, 0.05) is 6.42 Å². The summed E-state index contributed by atoms with van der Waals surface area (Å²) in [6, 6.07) is 0. The molecule has 0 aliphatic rings. The minimum atomic E-state index is 0.291. The first-order valence-corrected chi connectivity index (χ1v) is 3.38. The van der Waals surface area contributed by atoms with Gasteiger partial charge in [0.25, 0.3) is 0 Å². The molecule has 0 radical (unpaired) electrons. The summed E-state index contributed by atoms with van der Waals surface area (Å²) in [4.78, 5) is 10.4. The van der Waals surface area contributed by atoms with Crippen LogP contribution in [0.5, 0.6) is 0 Å². The number of Topliss-reactive ketones (excluding diaryl/α,β-unsaturated/α-hetero) is 1. The summed E-state index contributed by atoms with van der Waals surface area (Å²) in [6.07, 6.45) is 6.86. The molecule has 0 fully saturated rings. The maximum atomic E-state index is 10.4. The number of rotatable bonds is 4. The molecule has 1 nitrogen and oxygen atoms in total. The van der Waals surface area contributed by atoms with Gasteiger partial charge in [-0.15, -0.1) is 0 Å². The highest BCUT2D eigenvalue weighted by Crippen LogP contribution is 1.96. The molecule has 0 saturated carbocycles. The SMILES string of the molecule is C/C=C\CCCC(C)=O. The quantitative estimate of drug-likeness (QED) is 0.417. The number of unbranched alkanes of at least 4 members (excludes halogenated alkanes) is 1. The van der Waals surface area contributed by atoms with Crippen molar-refractivity contribution >= 4 is 5.78 Å². The maximum absolute atomic E-state index is 10.4. The van der Waals surface area contributed by atoms with E-state index in [0.717, 1.165) is 19.3 Å². The van der Waals surface area contributed by atoms with Crippen LogP contribution in [0.1, 0.15) is 33.1 Å². The fourth-order valence-electron chi connectivity index (χ4n) is 0.636. The van der Waals surface area contributed by atoms with Gasteiger partial charge in [-0.1, -0.05) is 12.2 Å². The van der Waals surface area contributed by atoms with Crippen LogP contribution in [-0.4, -0.2) is 5.78 Å². The van der Waals surface area contributed by atoms with Gasteiger partial charge < -0.3 is 4.79 Å². The van der Waals surface area contributed by atoms with Gasteiger partial charge in [0.2, 0.25) is 0 Å². The number of hydrogen-bond donors (Lipinski definition) is 0. The zero-order valence-corrected chi connectivity index (χ0v) is 6.18. The lowest BCUT2D eigenvalue weighted by atomic mass is 10.2. The third-order valence-corrected chi connectivity index (χ3v) is 1.14. The highest BCUT2D eigenvalue weighted by Gasteiger charge is 1.88. The number of carbonyl (C=O) groups is 1. The molecular weight excluding hydrogens is 112 g/mol. The zero-order valence-electron chi connectivity index (χ0n) is 6.18. The molecule has 0 bridgehead atoms. The fourth-order valence-corrected chi connectivity index (χ4v) is 0.636. The highest BCUT2D eigenvalue weighted by molar-refractivity contribution is 5.75. The number of carbonyl (C=O) groups excluding carboxylic acids is 1. The molecule has 0 rings (SSSR count). The summed E-state index contributed by atoms with van der Waals surface area (Å²) in [6.45, 7) is 3.63. The first-order chi connectivity index (χ1) is 4.27. The van der Waals surface area contributed by atoms with E-state index in [-0.39, 0.29) is 0 Å². The predicted octanol–water partition coefficient (Wildman–Crippen LogP) is 2.32. The molecule has 0 amide bonds. The largest absolute Gasteiger partial charge is 0.300 e. The van der Waals surface area contributed by atoms with E-state index in [1.54, 1.807) is 6.92 Å². The maximum Gasteiger partial charge on any atom is 0.129 e. The minimum Gasteiger partial charge on any atom is -0.300 e. The van der Waals surface area contributed by atoms with Crippen molar-refractivity contribution in [1.82, 2.24) is 0 Å². The Labute approximate surface area is 56.8 Å². The molecule has 0 atom stereocenters. The summed E-state index contributed by atoms with van der Waals surface area (Å²) in [5, 5.41) is 0. The number of hydrogen-bond acceptors (Lipinski definition) is 1. The first-order valence-electron chi connectivity index (χ1n) is 3.38. The molecule has 0 aromatic rings. The number of ketones is 1. The Kier molecular flexibility index (Phi) is 5.18. The second-order valence-electron chi connectivity index (χ2n) is 2.16. The normalized spacial score (nSPS) is 10.4. The van der Waals surface area contributed by atoms with Crippen molar-refractivity contribution in [2.45, 2.75) is 33.1 Å². The summed E-state index contributed by atoms with van der Waals surface area (Å²) in [7, 11) is 0. The third-order valence-electron chi connectivity index (χ3n) is 1.14. The summed E-state index contributed by atoms with van der Waals surface area (Å²) in [5.74, 6) is 0.291. The van der Waals surface area contributed by atoms with Crippen LogP contribution in [0, 0.1) is 0 Å². The number of allylic oxidation sites excluding steroid dienone is 2. The van der Waals surface area contributed by atoms with Gasteiger partial charge in [-0.25, -0.2) is 0 Å². The monoisotopic (exact) mass is 126 g/mol. The van der Waals surface area contributed by atoms with E-state index in [1.165, 1.54) is 0 Å². The fraction of sp³-hybridized carbons (Fsp3) is 0.625. The Morgan fingerprint density at radius 3 is 2.67 bits per heavy atom. The molecule has 9 heavy (non-hydrogen) atoms. The average molecular weight is 126 g/mol. The van der Waals surface area contributed by atoms with E-state index in [1.807, 2.05) is 13.0 Å². The predicted molar refractivity (Wildman–Crippen MR) is 39.3 cm³/mol. The Morgan fingerprint density at radius 2 is 2.22 bits per heavy atom. The molecule has 0 N–H and O–H groups in total. The van der Waals surface area contributed by atoms with Gasteiger partial charge in [-0.3, -0.25) is 0 Å². The van der Waals surface area contributed by atoms with Crippen LogP contribution in [0.25, 0.3) is 0 Å². The second-order valence-corrected chi connectivity index (χ2v) is 2.16. The Balaban J connectivity index is 3.01. The van der Waals surface area contributed by atoms with E-state index in [9.17, 15) is 4.79 Å². The minimum absolute atomic E-state index is 0.291. The lowest BCUT2D eigenvalue weighted by Gasteiger charge is -1.89.